The van der Waals surface area contributed by atoms with Crippen molar-refractivity contribution in [2.75, 3.05) is 18.4 Å². The van der Waals surface area contributed by atoms with Gasteiger partial charge in [-0.25, -0.2) is 4.39 Å². The molecule has 0 saturated carbocycles. The van der Waals surface area contributed by atoms with Gasteiger partial charge in [-0.1, -0.05) is 18.2 Å². The lowest BCUT2D eigenvalue weighted by atomic mass is 9.89. The third kappa shape index (κ3) is 3.85. The van der Waals surface area contributed by atoms with E-state index in [1.807, 2.05) is 0 Å². The fraction of sp³-hybridized carbons (Fsp3) is 0.286. The maximum absolute atomic E-state index is 13.6. The molecule has 3 amide bonds. The van der Waals surface area contributed by atoms with Gasteiger partial charge in [0.05, 0.1) is 5.56 Å². The van der Waals surface area contributed by atoms with Crippen molar-refractivity contribution in [2.45, 2.75) is 18.6 Å². The Kier molecular flexibility index (Phi) is 5.16. The fourth-order valence-electron chi connectivity index (χ4n) is 3.99. The molecule has 0 aromatic heterocycles. The molecule has 2 unspecified atom stereocenters. The van der Waals surface area contributed by atoms with E-state index in [1.165, 1.54) is 30.3 Å². The van der Waals surface area contributed by atoms with Crippen molar-refractivity contribution in [1.82, 2.24) is 10.2 Å². The first-order chi connectivity index (χ1) is 14.7. The van der Waals surface area contributed by atoms with Crippen LogP contribution in [-0.4, -0.2) is 35.7 Å². The van der Waals surface area contributed by atoms with Crippen molar-refractivity contribution in [2.24, 2.45) is 5.92 Å². The van der Waals surface area contributed by atoms with Crippen LogP contribution in [0.25, 0.3) is 0 Å². The standard InChI is InChI=1S/C21H17F4N3O3/c22-12-5-6-16-11(9-12)10-14(18(29)27-16)20(31)28-8-7-26-19(30)17(28)13-3-1-2-4-15(13)21(23,24)25/h1-6,9,14,17H,7-8,10H2,(H,26,30)(H,27,29). The Morgan fingerprint density at radius 1 is 1.06 bits per heavy atom. The summed E-state index contributed by atoms with van der Waals surface area (Å²) in [6.07, 6.45) is -4.86. The lowest BCUT2D eigenvalue weighted by molar-refractivity contribution is -0.151. The van der Waals surface area contributed by atoms with Crippen LogP contribution >= 0.6 is 0 Å². The van der Waals surface area contributed by atoms with Crippen molar-refractivity contribution >= 4 is 23.4 Å². The maximum atomic E-state index is 13.6. The van der Waals surface area contributed by atoms with Crippen LogP contribution < -0.4 is 10.6 Å². The molecule has 1 saturated heterocycles. The van der Waals surface area contributed by atoms with E-state index in [4.69, 9.17) is 0 Å². The van der Waals surface area contributed by atoms with Crippen LogP contribution in [0, 0.1) is 11.7 Å². The first-order valence-electron chi connectivity index (χ1n) is 9.50. The second-order valence-corrected chi connectivity index (χ2v) is 7.36. The number of amides is 3. The lowest BCUT2D eigenvalue weighted by Gasteiger charge is -2.38. The molecule has 2 aliphatic rings. The van der Waals surface area contributed by atoms with E-state index in [9.17, 15) is 31.9 Å². The summed E-state index contributed by atoms with van der Waals surface area (Å²) in [6, 6.07) is 6.71. The highest BCUT2D eigenvalue weighted by molar-refractivity contribution is 6.09. The van der Waals surface area contributed by atoms with Crippen LogP contribution in [0.2, 0.25) is 0 Å². The third-order valence-corrected chi connectivity index (χ3v) is 5.42. The summed E-state index contributed by atoms with van der Waals surface area (Å²) in [5.41, 5.74) is -0.643. The number of halogens is 4. The first kappa shape index (κ1) is 20.8. The Hall–Kier alpha value is -3.43. The molecule has 2 atom stereocenters. The summed E-state index contributed by atoms with van der Waals surface area (Å²) in [5, 5.41) is 5.01. The van der Waals surface area contributed by atoms with Gasteiger partial charge >= 0.3 is 6.18 Å². The Bertz CT molecular complexity index is 1070. The van der Waals surface area contributed by atoms with Crippen LogP contribution in [0.3, 0.4) is 0 Å². The zero-order valence-electron chi connectivity index (χ0n) is 16.0. The summed E-state index contributed by atoms with van der Waals surface area (Å²) in [6.45, 7) is -0.0317. The number of hydrogen-bond acceptors (Lipinski definition) is 3. The van der Waals surface area contributed by atoms with Gasteiger partial charge in [0.15, 0.2) is 0 Å². The minimum atomic E-state index is -4.73. The summed E-state index contributed by atoms with van der Waals surface area (Å²) in [4.78, 5) is 39.4. The van der Waals surface area contributed by atoms with Gasteiger partial charge in [-0.2, -0.15) is 13.2 Å². The second kappa shape index (κ2) is 7.68. The molecule has 0 radical (unpaired) electrons. The Morgan fingerprint density at radius 2 is 1.81 bits per heavy atom. The van der Waals surface area contributed by atoms with E-state index in [-0.39, 0.29) is 25.1 Å². The van der Waals surface area contributed by atoms with Gasteiger partial charge in [0.25, 0.3) is 0 Å². The summed E-state index contributed by atoms with van der Waals surface area (Å²) < 4.78 is 54.2. The number of benzene rings is 2. The molecule has 0 spiro atoms. The minimum absolute atomic E-state index is 0.0365. The predicted molar refractivity (Wildman–Crippen MR) is 101 cm³/mol. The molecular weight excluding hydrogens is 418 g/mol. The van der Waals surface area contributed by atoms with Crippen LogP contribution in [0.1, 0.15) is 22.7 Å². The van der Waals surface area contributed by atoms with Gasteiger partial charge in [-0.15, -0.1) is 0 Å². The predicted octanol–water partition coefficient (Wildman–Crippen LogP) is 2.66. The molecule has 0 bridgehead atoms. The smallest absolute Gasteiger partial charge is 0.352 e. The van der Waals surface area contributed by atoms with Crippen molar-refractivity contribution in [3.05, 3.63) is 65.0 Å². The number of hydrogen-bond donors (Lipinski definition) is 2. The van der Waals surface area contributed by atoms with E-state index in [1.54, 1.807) is 0 Å². The van der Waals surface area contributed by atoms with E-state index in [2.05, 4.69) is 10.6 Å². The molecule has 2 aliphatic heterocycles. The van der Waals surface area contributed by atoms with Crippen LogP contribution in [0.15, 0.2) is 42.5 Å². The van der Waals surface area contributed by atoms with E-state index in [0.29, 0.717) is 11.3 Å². The quantitative estimate of drug-likeness (QED) is 0.563. The average Bonchev–Trinajstić information content (AvgIpc) is 2.72. The number of carbonyl (C=O) groups is 3. The van der Waals surface area contributed by atoms with E-state index < -0.39 is 47.2 Å². The van der Waals surface area contributed by atoms with E-state index in [0.717, 1.165) is 17.0 Å². The van der Waals surface area contributed by atoms with Crippen molar-refractivity contribution in [1.29, 1.82) is 0 Å². The molecule has 162 valence electrons. The van der Waals surface area contributed by atoms with Gasteiger partial charge in [0, 0.05) is 18.8 Å². The highest BCUT2D eigenvalue weighted by atomic mass is 19.4. The minimum Gasteiger partial charge on any atom is -0.352 e. The van der Waals surface area contributed by atoms with Crippen LogP contribution in [0.5, 0.6) is 0 Å². The van der Waals surface area contributed by atoms with Gasteiger partial charge in [-0.05, 0) is 41.8 Å². The fourth-order valence-corrected chi connectivity index (χ4v) is 3.99. The number of alkyl halides is 3. The van der Waals surface area contributed by atoms with Crippen molar-refractivity contribution in [3.8, 4) is 0 Å². The molecule has 2 N–H and O–H groups in total. The molecular formula is C21H17F4N3O3. The monoisotopic (exact) mass is 435 g/mol. The molecule has 1 fully saturated rings. The summed E-state index contributed by atoms with van der Waals surface area (Å²) in [5.74, 6) is -4.04. The molecule has 4 rings (SSSR count). The zero-order chi connectivity index (χ0) is 22.3. The van der Waals surface area contributed by atoms with Gasteiger partial charge in [0.1, 0.15) is 17.8 Å². The van der Waals surface area contributed by atoms with Gasteiger partial charge < -0.3 is 15.5 Å². The van der Waals surface area contributed by atoms with Crippen LogP contribution in [0.4, 0.5) is 23.2 Å². The highest BCUT2D eigenvalue weighted by Crippen LogP contribution is 2.38. The zero-order valence-corrected chi connectivity index (χ0v) is 16.0. The SMILES string of the molecule is O=C1Nc2ccc(F)cc2CC1C(=O)N1CCNC(=O)C1c1ccccc1C(F)(F)F. The van der Waals surface area contributed by atoms with Crippen molar-refractivity contribution < 1.29 is 31.9 Å². The largest absolute Gasteiger partial charge is 0.416 e. The molecule has 2 aromatic carbocycles. The average molecular weight is 435 g/mol. The topological polar surface area (TPSA) is 78.5 Å². The highest BCUT2D eigenvalue weighted by Gasteiger charge is 2.44. The summed E-state index contributed by atoms with van der Waals surface area (Å²) >= 11 is 0. The first-order valence-corrected chi connectivity index (χ1v) is 9.50. The number of carbonyl (C=O) groups excluding carboxylic acids is 3. The molecule has 2 aromatic rings. The Balaban J connectivity index is 1.70. The molecule has 31 heavy (non-hydrogen) atoms. The van der Waals surface area contributed by atoms with Crippen molar-refractivity contribution in [3.63, 3.8) is 0 Å². The molecule has 6 nitrogen and oxygen atoms in total. The Morgan fingerprint density at radius 3 is 2.55 bits per heavy atom. The number of fused-ring (bicyclic) bond motifs is 1. The third-order valence-electron chi connectivity index (χ3n) is 5.42. The molecule has 2 heterocycles. The number of nitrogens with zero attached hydrogens (tertiary/aromatic N) is 1. The van der Waals surface area contributed by atoms with Gasteiger partial charge in [0.2, 0.25) is 17.7 Å². The Labute approximate surface area is 174 Å². The summed E-state index contributed by atoms with van der Waals surface area (Å²) in [7, 11) is 0. The van der Waals surface area contributed by atoms with Crippen LogP contribution in [-0.2, 0) is 27.0 Å². The van der Waals surface area contributed by atoms with Gasteiger partial charge in [-0.3, -0.25) is 14.4 Å². The number of rotatable bonds is 2. The number of nitrogens with one attached hydrogen (secondary N) is 2. The normalized spacial score (nSPS) is 21.2. The molecule has 10 heteroatoms. The van der Waals surface area contributed by atoms with E-state index >= 15 is 0 Å². The number of anilines is 1. The lowest BCUT2D eigenvalue weighted by Crippen LogP contribution is -2.55. The molecule has 0 aliphatic carbocycles. The maximum Gasteiger partial charge on any atom is 0.416 e. The number of piperazine rings is 1. The second-order valence-electron chi connectivity index (χ2n) is 7.36.